The number of ether oxygens (including phenoxy) is 4. The minimum Gasteiger partial charge on any atom is -0.388 e. The molecule has 8 aliphatic carbocycles. The van der Waals surface area contributed by atoms with Crippen molar-refractivity contribution in [1.29, 1.82) is 0 Å². The van der Waals surface area contributed by atoms with E-state index < -0.39 is 175 Å². The van der Waals surface area contributed by atoms with Gasteiger partial charge in [0.1, 0.15) is 12.2 Å². The highest BCUT2D eigenvalue weighted by Crippen LogP contribution is 2.91. The summed E-state index contributed by atoms with van der Waals surface area (Å²) in [5.74, 6) is -96.6. The zero-order valence-corrected chi connectivity index (χ0v) is 30.0. The van der Waals surface area contributed by atoms with Gasteiger partial charge in [0.05, 0.1) is 26.4 Å². The van der Waals surface area contributed by atoms with Crippen LogP contribution in [0.4, 0.5) is 132 Å². The van der Waals surface area contributed by atoms with Crippen LogP contribution in [0.2, 0.25) is 0 Å². The topological polar surface area (TPSA) is 77.4 Å². The second kappa shape index (κ2) is 12.5. The van der Waals surface area contributed by atoms with Crippen molar-refractivity contribution in [3.8, 4) is 0 Å². The van der Waals surface area contributed by atoms with Crippen molar-refractivity contribution in [2.24, 2.45) is 0 Å². The first-order valence-electron chi connectivity index (χ1n) is 17.0. The van der Waals surface area contributed by atoms with Gasteiger partial charge in [0.2, 0.25) is 0 Å². The van der Waals surface area contributed by atoms with Crippen LogP contribution in [0.15, 0.2) is 0 Å². The molecule has 0 aliphatic heterocycles. The number of rotatable bonds is 14. The highest BCUT2D eigenvalue weighted by atomic mass is 19.4. The molecule has 0 saturated heterocycles. The van der Waals surface area contributed by atoms with E-state index in [1.807, 2.05) is 0 Å². The van der Waals surface area contributed by atoms with Crippen LogP contribution in [0.3, 0.4) is 0 Å². The van der Waals surface area contributed by atoms with Crippen molar-refractivity contribution in [1.82, 2.24) is 0 Å². The van der Waals surface area contributed by atoms with Gasteiger partial charge in [-0.1, -0.05) is 0 Å². The predicted octanol–water partition coefficient (Wildman–Crippen LogP) is 7.60. The molecule has 2 N–H and O–H groups in total. The Hall–Kier alpha value is -2.34. The molecule has 0 spiro atoms. The summed E-state index contributed by atoms with van der Waals surface area (Å²) in [6, 6.07) is 0. The third-order valence-electron chi connectivity index (χ3n) is 12.6. The molecule has 0 aromatic heterocycles. The van der Waals surface area contributed by atoms with Crippen LogP contribution in [0, 0.1) is 0 Å². The second-order valence-electron chi connectivity index (χ2n) is 15.6. The van der Waals surface area contributed by atoms with Crippen LogP contribution in [0.25, 0.3) is 0 Å². The Bertz CT molecular complexity index is 1610. The van der Waals surface area contributed by atoms with Crippen LogP contribution >= 0.6 is 0 Å². The van der Waals surface area contributed by atoms with Gasteiger partial charge in [-0.2, -0.15) is 105 Å². The van der Waals surface area contributed by atoms with Gasteiger partial charge < -0.3 is 29.2 Å². The zero-order chi connectivity index (χ0) is 50.9. The van der Waals surface area contributed by atoms with Gasteiger partial charge in [-0.15, -0.1) is 0 Å². The third-order valence-corrected chi connectivity index (χ3v) is 12.6. The average Bonchev–Trinajstić information content (AvgIpc) is 3.14. The minimum atomic E-state index is -8.13. The molecule has 2 atom stereocenters. The minimum absolute atomic E-state index is 0.853. The van der Waals surface area contributed by atoms with Gasteiger partial charge in [-0.25, -0.2) is 26.3 Å². The van der Waals surface area contributed by atoms with Crippen LogP contribution in [0.5, 0.6) is 0 Å². The molecule has 8 saturated carbocycles. The highest BCUT2D eigenvalue weighted by molar-refractivity contribution is 5.56. The molecular weight excluding hydrogens is 1010 g/mol. The number of hydrogen-bond acceptors (Lipinski definition) is 6. The Morgan fingerprint density at radius 2 is 0.431 bits per heavy atom. The van der Waals surface area contributed by atoms with Crippen molar-refractivity contribution < 1.29 is 161 Å². The number of aliphatic hydroxyl groups is 2. The molecule has 0 radical (unpaired) electrons. The molecule has 2 unspecified atom stereocenters. The molecule has 36 heteroatoms. The summed E-state index contributed by atoms with van der Waals surface area (Å²) in [7, 11) is 0. The van der Waals surface area contributed by atoms with Crippen molar-refractivity contribution in [3.05, 3.63) is 0 Å². The Kier molecular flexibility index (Phi) is 10.0. The van der Waals surface area contributed by atoms with Gasteiger partial charge in [-0.05, 0) is 6.42 Å². The number of alkyl halides is 30. The summed E-state index contributed by atoms with van der Waals surface area (Å²) < 4.78 is 462. The summed E-state index contributed by atoms with van der Waals surface area (Å²) in [6.07, 6.45) is -7.04. The largest absolute Gasteiger partial charge is 0.388 e. The zero-order valence-electron chi connectivity index (χ0n) is 30.0. The van der Waals surface area contributed by atoms with Gasteiger partial charge in [0.25, 0.3) is 11.2 Å². The van der Waals surface area contributed by atoms with E-state index in [0.717, 1.165) is 0 Å². The SMILES string of the molecule is OC(COCCCOCC(O)COC12C(F)(F)C3(F)C(F)(F)C(F)(C(F)(F)C(F)(C3(F)F)C1(F)F)C2(F)F)COC12C(F)(F)C3(F)C(F)(F)C(F)(C(F)(F)C(F)(C3(F)F)C1(F)F)C2(F)F. The fourth-order valence-electron chi connectivity index (χ4n) is 9.40. The standard InChI is InChI=1S/C29H18F30O6/c30-10-18(36,37)11(31)20(40,41)12(32,19(10,38)39)26(52,53)16(24(10,48)49,25(11,50)51)64-6-8(60)4-62-2-1-3-63-5-9(61)7-65-17-27(54,55)13(33)21(42,43)14(34,28(17,56)57)23(46,47)15(35,22(13,44)45)29(17,58)59/h8-9,60-61H,1-7H2. The van der Waals surface area contributed by atoms with Gasteiger partial charge in [0.15, 0.2) is 0 Å². The van der Waals surface area contributed by atoms with E-state index in [-0.39, 0.29) is 0 Å². The lowest BCUT2D eigenvalue weighted by molar-refractivity contribution is -0.619. The summed E-state index contributed by atoms with van der Waals surface area (Å²) in [5, 5.41) is 19.6. The van der Waals surface area contributed by atoms with Gasteiger partial charge >= 0.3 is 105 Å². The molecule has 8 bridgehead atoms. The lowest BCUT2D eigenvalue weighted by Crippen LogP contribution is -3.10. The molecule has 0 amide bonds. The third kappa shape index (κ3) is 3.95. The maximum absolute atomic E-state index is 15.2. The fourth-order valence-corrected chi connectivity index (χ4v) is 9.40. The Morgan fingerprint density at radius 1 is 0.262 bits per heavy atom. The Balaban J connectivity index is 1.09. The van der Waals surface area contributed by atoms with Gasteiger partial charge in [0, 0.05) is 13.2 Å². The first-order chi connectivity index (χ1) is 28.5. The fraction of sp³-hybridized carbons (Fsp3) is 1.00. The van der Waals surface area contributed by atoms with Crippen molar-refractivity contribution in [3.63, 3.8) is 0 Å². The lowest BCUT2D eigenvalue weighted by atomic mass is 9.40. The average molecular weight is 1030 g/mol. The van der Waals surface area contributed by atoms with Crippen molar-refractivity contribution >= 4 is 0 Å². The molecule has 8 fully saturated rings. The maximum atomic E-state index is 15.2. The summed E-state index contributed by atoms with van der Waals surface area (Å²) in [4.78, 5) is 0. The van der Waals surface area contributed by atoms with Crippen molar-refractivity contribution in [2.45, 2.75) is 135 Å². The smallest absolute Gasteiger partial charge is 0.339 e. The molecule has 6 nitrogen and oxygen atoms in total. The molecule has 65 heavy (non-hydrogen) atoms. The van der Waals surface area contributed by atoms with Crippen LogP contribution in [0.1, 0.15) is 6.42 Å². The summed E-state index contributed by atoms with van der Waals surface area (Å²) in [5.41, 5.74) is -62.8. The van der Waals surface area contributed by atoms with E-state index in [1.54, 1.807) is 0 Å². The molecule has 380 valence electrons. The summed E-state index contributed by atoms with van der Waals surface area (Å²) in [6.45, 7) is -11.3. The summed E-state index contributed by atoms with van der Waals surface area (Å²) >= 11 is 0. The molecule has 8 rings (SSSR count). The first kappa shape index (κ1) is 52.0. The van der Waals surface area contributed by atoms with E-state index in [4.69, 9.17) is 0 Å². The van der Waals surface area contributed by atoms with E-state index in [0.29, 0.717) is 0 Å². The number of hydrogen-bond donors (Lipinski definition) is 2. The lowest BCUT2D eigenvalue weighted by Gasteiger charge is -2.74. The van der Waals surface area contributed by atoms with Gasteiger partial charge in [-0.3, -0.25) is 0 Å². The second-order valence-corrected chi connectivity index (χ2v) is 15.6. The number of halogens is 30. The molecule has 0 heterocycles. The van der Waals surface area contributed by atoms with E-state index in [9.17, 15) is 62.9 Å². The van der Waals surface area contributed by atoms with E-state index in [2.05, 4.69) is 18.9 Å². The monoisotopic (exact) mass is 1030 g/mol. The van der Waals surface area contributed by atoms with Crippen LogP contribution in [-0.4, -0.2) is 178 Å². The predicted molar refractivity (Wildman–Crippen MR) is 138 cm³/mol. The van der Waals surface area contributed by atoms with Crippen LogP contribution < -0.4 is 0 Å². The first-order valence-corrected chi connectivity index (χ1v) is 17.0. The molecular formula is C29H18F30O6. The quantitative estimate of drug-likeness (QED) is 0.138. The van der Waals surface area contributed by atoms with E-state index >= 15 is 79.0 Å². The van der Waals surface area contributed by atoms with Crippen LogP contribution in [-0.2, 0) is 18.9 Å². The Labute approximate surface area is 336 Å². The van der Waals surface area contributed by atoms with Crippen molar-refractivity contribution in [2.75, 3.05) is 39.6 Å². The normalized spacial score (nSPS) is 46.5. The number of aliphatic hydroxyl groups excluding tert-OH is 2. The molecule has 0 aromatic carbocycles. The Morgan fingerprint density at radius 3 is 0.600 bits per heavy atom. The highest BCUT2D eigenvalue weighted by Gasteiger charge is 3.25. The van der Waals surface area contributed by atoms with E-state index in [1.165, 1.54) is 0 Å². The maximum Gasteiger partial charge on any atom is 0.339 e. The molecule has 0 aromatic rings. The molecule has 8 aliphatic rings.